The van der Waals surface area contributed by atoms with Crippen molar-refractivity contribution in [3.63, 3.8) is 0 Å². The van der Waals surface area contributed by atoms with Gasteiger partial charge in [0, 0.05) is 36.7 Å². The topological polar surface area (TPSA) is 28.4 Å². The van der Waals surface area contributed by atoms with E-state index in [-0.39, 0.29) is 0 Å². The molecule has 0 unspecified atom stereocenters. The lowest BCUT2D eigenvalue weighted by atomic mass is 9.94. The Balaban J connectivity index is 1.57. The van der Waals surface area contributed by atoms with Crippen LogP contribution in [0.25, 0.3) is 0 Å². The minimum Gasteiger partial charge on any atom is -0.468 e. The van der Waals surface area contributed by atoms with Crippen molar-refractivity contribution in [2.75, 3.05) is 31.1 Å². The van der Waals surface area contributed by atoms with Gasteiger partial charge in [-0.25, -0.2) is 0 Å². The first-order valence-electron chi connectivity index (χ1n) is 7.45. The minimum absolute atomic E-state index is 0.424. The van der Waals surface area contributed by atoms with Gasteiger partial charge in [0.05, 0.1) is 12.8 Å². The standard InChI is InChI=1S/C15H24N2OS/c1-2-6-15(5-1,17-7-10-19-11-8-17)13-16-12-14-4-3-9-18-14/h3-4,9,16H,1-2,5-8,10-13H2. The second kappa shape index (κ2) is 6.33. The molecule has 2 fully saturated rings. The average molecular weight is 280 g/mol. The molecule has 1 aromatic rings. The predicted molar refractivity (Wildman–Crippen MR) is 80.5 cm³/mol. The lowest BCUT2D eigenvalue weighted by Gasteiger charge is -2.43. The molecule has 1 saturated heterocycles. The van der Waals surface area contributed by atoms with E-state index in [0.29, 0.717) is 5.54 Å². The normalized spacial score (nSPS) is 23.8. The number of hydrogen-bond acceptors (Lipinski definition) is 4. The summed E-state index contributed by atoms with van der Waals surface area (Å²) in [6.45, 7) is 4.51. The zero-order valence-electron chi connectivity index (χ0n) is 11.6. The highest BCUT2D eigenvalue weighted by molar-refractivity contribution is 7.99. The molecule has 0 aromatic carbocycles. The first kappa shape index (κ1) is 13.5. The summed E-state index contributed by atoms with van der Waals surface area (Å²) < 4.78 is 5.40. The van der Waals surface area contributed by atoms with Crippen LogP contribution in [-0.2, 0) is 6.54 Å². The monoisotopic (exact) mass is 280 g/mol. The first-order chi connectivity index (χ1) is 9.39. The SMILES string of the molecule is c1coc(CNCC2(N3CCSCC3)CCCC2)c1. The lowest BCUT2D eigenvalue weighted by molar-refractivity contribution is 0.102. The Kier molecular flexibility index (Phi) is 4.51. The van der Waals surface area contributed by atoms with E-state index in [1.165, 1.54) is 50.3 Å². The molecular weight excluding hydrogens is 256 g/mol. The average Bonchev–Trinajstić information content (AvgIpc) is 3.12. The van der Waals surface area contributed by atoms with E-state index in [4.69, 9.17) is 4.42 Å². The van der Waals surface area contributed by atoms with Crippen LogP contribution in [-0.4, -0.2) is 41.6 Å². The van der Waals surface area contributed by atoms with Crippen molar-refractivity contribution >= 4 is 11.8 Å². The Labute approximate surface area is 120 Å². The number of rotatable bonds is 5. The summed E-state index contributed by atoms with van der Waals surface area (Å²) in [5.41, 5.74) is 0.424. The van der Waals surface area contributed by atoms with Crippen LogP contribution in [0.4, 0.5) is 0 Å². The molecule has 1 aliphatic heterocycles. The second-order valence-corrected chi connectivity index (χ2v) is 6.94. The Morgan fingerprint density at radius 3 is 2.74 bits per heavy atom. The van der Waals surface area contributed by atoms with Gasteiger partial charge in [0.15, 0.2) is 0 Å². The number of furan rings is 1. The summed E-state index contributed by atoms with van der Waals surface area (Å²) in [4.78, 5) is 2.76. The van der Waals surface area contributed by atoms with E-state index in [1.54, 1.807) is 6.26 Å². The third kappa shape index (κ3) is 3.18. The molecule has 1 saturated carbocycles. The van der Waals surface area contributed by atoms with Crippen LogP contribution in [0.5, 0.6) is 0 Å². The zero-order valence-corrected chi connectivity index (χ0v) is 12.4. The Bertz CT molecular complexity index is 368. The summed E-state index contributed by atoms with van der Waals surface area (Å²) in [7, 11) is 0. The van der Waals surface area contributed by atoms with Gasteiger partial charge in [0.25, 0.3) is 0 Å². The molecule has 1 aliphatic carbocycles. The van der Waals surface area contributed by atoms with Crippen molar-refractivity contribution in [2.45, 2.75) is 37.8 Å². The number of hydrogen-bond donors (Lipinski definition) is 1. The molecule has 3 rings (SSSR count). The van der Waals surface area contributed by atoms with Crippen LogP contribution in [0.1, 0.15) is 31.4 Å². The van der Waals surface area contributed by atoms with E-state index in [0.717, 1.165) is 18.8 Å². The maximum atomic E-state index is 5.40. The molecule has 1 aromatic heterocycles. The fraction of sp³-hybridized carbons (Fsp3) is 0.733. The van der Waals surface area contributed by atoms with E-state index < -0.39 is 0 Å². The molecule has 0 bridgehead atoms. The van der Waals surface area contributed by atoms with Crippen molar-refractivity contribution in [1.82, 2.24) is 10.2 Å². The molecular formula is C15H24N2OS. The summed E-state index contributed by atoms with van der Waals surface area (Å²) in [5.74, 6) is 3.65. The molecule has 0 spiro atoms. The second-order valence-electron chi connectivity index (χ2n) is 5.71. The van der Waals surface area contributed by atoms with Crippen molar-refractivity contribution in [3.8, 4) is 0 Å². The molecule has 106 valence electrons. The summed E-state index contributed by atoms with van der Waals surface area (Å²) in [6, 6.07) is 4.01. The highest BCUT2D eigenvalue weighted by Crippen LogP contribution is 2.36. The quantitative estimate of drug-likeness (QED) is 0.898. The van der Waals surface area contributed by atoms with Crippen LogP contribution in [0.15, 0.2) is 22.8 Å². The molecule has 3 nitrogen and oxygen atoms in total. The zero-order chi connectivity index (χ0) is 13.0. The van der Waals surface area contributed by atoms with E-state index >= 15 is 0 Å². The molecule has 0 amide bonds. The molecule has 2 heterocycles. The largest absolute Gasteiger partial charge is 0.468 e. The number of nitrogens with zero attached hydrogens (tertiary/aromatic N) is 1. The molecule has 0 radical (unpaired) electrons. The van der Waals surface area contributed by atoms with Gasteiger partial charge < -0.3 is 9.73 Å². The van der Waals surface area contributed by atoms with Crippen molar-refractivity contribution in [1.29, 1.82) is 0 Å². The van der Waals surface area contributed by atoms with Gasteiger partial charge in [-0.2, -0.15) is 11.8 Å². The van der Waals surface area contributed by atoms with Crippen molar-refractivity contribution in [3.05, 3.63) is 24.2 Å². The fourth-order valence-corrected chi connectivity index (χ4v) is 4.41. The van der Waals surface area contributed by atoms with Crippen molar-refractivity contribution < 1.29 is 4.42 Å². The van der Waals surface area contributed by atoms with E-state index in [9.17, 15) is 0 Å². The number of nitrogens with one attached hydrogen (secondary N) is 1. The van der Waals surface area contributed by atoms with Gasteiger partial charge in [-0.3, -0.25) is 4.90 Å². The molecule has 4 heteroatoms. The van der Waals surface area contributed by atoms with E-state index in [2.05, 4.69) is 22.0 Å². The van der Waals surface area contributed by atoms with Crippen LogP contribution >= 0.6 is 11.8 Å². The minimum atomic E-state index is 0.424. The number of thioether (sulfide) groups is 1. The Hall–Kier alpha value is -0.450. The highest BCUT2D eigenvalue weighted by atomic mass is 32.2. The third-order valence-electron chi connectivity index (χ3n) is 4.55. The van der Waals surface area contributed by atoms with Gasteiger partial charge >= 0.3 is 0 Å². The van der Waals surface area contributed by atoms with Crippen LogP contribution in [0.3, 0.4) is 0 Å². The first-order valence-corrected chi connectivity index (χ1v) is 8.60. The maximum Gasteiger partial charge on any atom is 0.117 e. The molecule has 1 N–H and O–H groups in total. The summed E-state index contributed by atoms with van der Waals surface area (Å²) in [5, 5.41) is 3.63. The molecule has 0 atom stereocenters. The molecule has 2 aliphatic rings. The smallest absolute Gasteiger partial charge is 0.117 e. The molecule has 19 heavy (non-hydrogen) atoms. The summed E-state index contributed by atoms with van der Waals surface area (Å²) >= 11 is 2.10. The fourth-order valence-electron chi connectivity index (χ4n) is 3.51. The van der Waals surface area contributed by atoms with Gasteiger partial charge in [0.1, 0.15) is 5.76 Å². The lowest BCUT2D eigenvalue weighted by Crippen LogP contribution is -2.55. The van der Waals surface area contributed by atoms with Gasteiger partial charge in [-0.15, -0.1) is 0 Å². The third-order valence-corrected chi connectivity index (χ3v) is 5.49. The predicted octanol–water partition coefficient (Wildman–Crippen LogP) is 2.73. The Morgan fingerprint density at radius 2 is 2.05 bits per heavy atom. The van der Waals surface area contributed by atoms with Crippen LogP contribution in [0.2, 0.25) is 0 Å². The van der Waals surface area contributed by atoms with Crippen molar-refractivity contribution in [2.24, 2.45) is 0 Å². The van der Waals surface area contributed by atoms with Crippen LogP contribution in [0, 0.1) is 0 Å². The van der Waals surface area contributed by atoms with E-state index in [1.807, 2.05) is 12.1 Å². The summed E-state index contributed by atoms with van der Waals surface area (Å²) in [6.07, 6.45) is 7.27. The van der Waals surface area contributed by atoms with Crippen LogP contribution < -0.4 is 5.32 Å². The van der Waals surface area contributed by atoms with Gasteiger partial charge in [-0.05, 0) is 25.0 Å². The van der Waals surface area contributed by atoms with Gasteiger partial charge in [-0.1, -0.05) is 12.8 Å². The maximum absolute atomic E-state index is 5.40. The van der Waals surface area contributed by atoms with Gasteiger partial charge in [0.2, 0.25) is 0 Å². The Morgan fingerprint density at radius 1 is 1.26 bits per heavy atom. The highest BCUT2D eigenvalue weighted by Gasteiger charge is 2.39.